The van der Waals surface area contributed by atoms with Crippen LogP contribution in [-0.4, -0.2) is 37.2 Å². The number of ether oxygens (including phenoxy) is 3. The summed E-state index contributed by atoms with van der Waals surface area (Å²) in [6.45, 7) is 6.63. The Hall–Kier alpha value is -3.15. The van der Waals surface area contributed by atoms with Crippen LogP contribution in [0.5, 0.6) is 0 Å². The Balaban J connectivity index is 4.39. The van der Waals surface area contributed by atoms with Gasteiger partial charge < -0.3 is 14.2 Å². The SMILES string of the molecule is CCCCC/C=C\C/C=C\C/C=C\CCCCCCCCC(=O)OC(COC(=O)CCCCCCCCCCC/C=C\C/C=C\CCCCCCC)COC(=O)CCCCCCCCCCC/C=C\CCCCCCCC. The number of hydrogen-bond donors (Lipinski definition) is 0. The number of unbranched alkanes of at least 4 members (excludes halogenated alkanes) is 38. The largest absolute Gasteiger partial charge is 0.462 e. The van der Waals surface area contributed by atoms with E-state index in [9.17, 15) is 14.4 Å². The summed E-state index contributed by atoms with van der Waals surface area (Å²) in [5, 5.41) is 0. The number of rotatable bonds is 61. The van der Waals surface area contributed by atoms with E-state index in [2.05, 4.69) is 93.7 Å². The number of carbonyl (C=O) groups excluding carboxylic acids is 3. The fraction of sp³-hybridized carbons (Fsp3) is 0.789. The zero-order valence-corrected chi connectivity index (χ0v) is 51.2. The molecule has 0 aliphatic carbocycles. The number of allylic oxidation sites excluding steroid dienone is 12. The van der Waals surface area contributed by atoms with Crippen molar-refractivity contribution in [1.82, 2.24) is 0 Å². The van der Waals surface area contributed by atoms with Gasteiger partial charge in [0.25, 0.3) is 0 Å². The van der Waals surface area contributed by atoms with E-state index in [1.54, 1.807) is 0 Å². The molecule has 0 radical (unpaired) electrons. The summed E-state index contributed by atoms with van der Waals surface area (Å²) in [5.74, 6) is -0.883. The molecule has 1 unspecified atom stereocenters. The highest BCUT2D eigenvalue weighted by atomic mass is 16.6. The van der Waals surface area contributed by atoms with Crippen LogP contribution in [0.15, 0.2) is 72.9 Å². The van der Waals surface area contributed by atoms with Gasteiger partial charge in [0.1, 0.15) is 13.2 Å². The lowest BCUT2D eigenvalue weighted by Gasteiger charge is -2.18. The van der Waals surface area contributed by atoms with E-state index >= 15 is 0 Å². The first kappa shape index (κ1) is 73.8. The maximum absolute atomic E-state index is 12.9. The Morgan fingerprint density at radius 3 is 0.766 bits per heavy atom. The molecule has 0 heterocycles. The monoisotopic (exact) mass is 1070 g/mol. The smallest absolute Gasteiger partial charge is 0.306 e. The van der Waals surface area contributed by atoms with Crippen LogP contribution < -0.4 is 0 Å². The summed E-state index contributed by atoms with van der Waals surface area (Å²) >= 11 is 0. The van der Waals surface area contributed by atoms with Crippen LogP contribution in [0.4, 0.5) is 0 Å². The van der Waals surface area contributed by atoms with Gasteiger partial charge in [-0.15, -0.1) is 0 Å². The molecule has 0 saturated carbocycles. The molecule has 0 spiro atoms. The summed E-state index contributed by atoms with van der Waals surface area (Å²) < 4.78 is 17.0. The molecule has 446 valence electrons. The fourth-order valence-electron chi connectivity index (χ4n) is 9.59. The third-order valence-electron chi connectivity index (χ3n) is 14.7. The molecule has 0 saturated heterocycles. The summed E-state index contributed by atoms with van der Waals surface area (Å²) in [5.41, 5.74) is 0. The Bertz CT molecular complexity index is 1420. The van der Waals surface area contributed by atoms with Crippen LogP contribution in [0, 0.1) is 0 Å². The molecule has 77 heavy (non-hydrogen) atoms. The van der Waals surface area contributed by atoms with Crippen molar-refractivity contribution in [2.45, 2.75) is 348 Å². The Morgan fingerprint density at radius 2 is 0.468 bits per heavy atom. The van der Waals surface area contributed by atoms with Gasteiger partial charge in [-0.2, -0.15) is 0 Å². The molecule has 1 atom stereocenters. The average Bonchev–Trinajstić information content (AvgIpc) is 3.43. The van der Waals surface area contributed by atoms with Gasteiger partial charge in [0, 0.05) is 19.3 Å². The van der Waals surface area contributed by atoms with Crippen molar-refractivity contribution in [2.24, 2.45) is 0 Å². The van der Waals surface area contributed by atoms with E-state index < -0.39 is 6.10 Å². The molecule has 0 fully saturated rings. The third kappa shape index (κ3) is 63.6. The molecule has 6 heteroatoms. The summed E-state index contributed by atoms with van der Waals surface area (Å²) in [6, 6.07) is 0. The van der Waals surface area contributed by atoms with E-state index in [4.69, 9.17) is 14.2 Å². The molecule has 0 aromatic heterocycles. The van der Waals surface area contributed by atoms with Crippen LogP contribution >= 0.6 is 0 Å². The summed E-state index contributed by atoms with van der Waals surface area (Å²) in [6.07, 6.45) is 84.7. The standard InChI is InChI=1S/C71H126O6/c1-4-7-10-13-16-19-22-25-28-31-34-35-38-40-43-46-49-52-55-58-61-64-70(73)76-67-68(77-71(74)65-62-59-56-53-50-47-44-41-37-33-30-27-24-21-18-15-12-9-6-3)66-75-69(72)63-60-57-54-51-48-45-42-39-36-32-29-26-23-20-17-14-11-8-5-2/h18,21-22,25-27,29-31,34,37,41,68H,4-17,19-20,23-24,28,32-33,35-36,38-40,42-67H2,1-3H3/b21-18-,25-22-,29-26-,30-27-,34-31-,41-37-. The van der Waals surface area contributed by atoms with Gasteiger partial charge in [-0.05, 0) is 116 Å². The molecule has 0 aliphatic heterocycles. The Morgan fingerprint density at radius 1 is 0.260 bits per heavy atom. The lowest BCUT2D eigenvalue weighted by molar-refractivity contribution is -0.167. The lowest BCUT2D eigenvalue weighted by Crippen LogP contribution is -2.30. The van der Waals surface area contributed by atoms with Crippen molar-refractivity contribution < 1.29 is 28.6 Å². The quantitative estimate of drug-likeness (QED) is 0.0261. The zero-order valence-electron chi connectivity index (χ0n) is 51.2. The normalized spacial score (nSPS) is 12.5. The lowest BCUT2D eigenvalue weighted by atomic mass is 10.1. The topological polar surface area (TPSA) is 78.9 Å². The first-order chi connectivity index (χ1) is 38.0. The second kappa shape index (κ2) is 65.4. The minimum Gasteiger partial charge on any atom is -0.462 e. The highest BCUT2D eigenvalue weighted by molar-refractivity contribution is 5.71. The van der Waals surface area contributed by atoms with E-state index in [0.717, 1.165) is 89.9 Å². The molecular formula is C71H126O6. The van der Waals surface area contributed by atoms with Gasteiger partial charge >= 0.3 is 17.9 Å². The van der Waals surface area contributed by atoms with Gasteiger partial charge in [0.05, 0.1) is 0 Å². The maximum Gasteiger partial charge on any atom is 0.306 e. The minimum absolute atomic E-state index is 0.0817. The predicted octanol–water partition coefficient (Wildman–Crippen LogP) is 22.9. The summed E-state index contributed by atoms with van der Waals surface area (Å²) in [7, 11) is 0. The maximum atomic E-state index is 12.9. The number of carbonyl (C=O) groups is 3. The van der Waals surface area contributed by atoms with Gasteiger partial charge in [-0.1, -0.05) is 280 Å². The minimum atomic E-state index is -0.787. The van der Waals surface area contributed by atoms with Gasteiger partial charge in [0.2, 0.25) is 0 Å². The first-order valence-electron chi connectivity index (χ1n) is 33.4. The number of esters is 3. The molecule has 0 aromatic rings. The van der Waals surface area contributed by atoms with E-state index in [1.807, 2.05) is 0 Å². The summed E-state index contributed by atoms with van der Waals surface area (Å²) in [4.78, 5) is 38.4. The van der Waals surface area contributed by atoms with Crippen molar-refractivity contribution in [3.8, 4) is 0 Å². The van der Waals surface area contributed by atoms with Crippen LogP contribution in [0.2, 0.25) is 0 Å². The first-order valence-corrected chi connectivity index (χ1v) is 33.4. The van der Waals surface area contributed by atoms with Crippen molar-refractivity contribution in [1.29, 1.82) is 0 Å². The molecule has 0 N–H and O–H groups in total. The van der Waals surface area contributed by atoms with Crippen LogP contribution in [0.3, 0.4) is 0 Å². The average molecular weight is 1080 g/mol. The van der Waals surface area contributed by atoms with Crippen LogP contribution in [0.1, 0.15) is 342 Å². The third-order valence-corrected chi connectivity index (χ3v) is 14.7. The predicted molar refractivity (Wildman–Crippen MR) is 335 cm³/mol. The highest BCUT2D eigenvalue weighted by Crippen LogP contribution is 2.16. The zero-order chi connectivity index (χ0) is 55.7. The van der Waals surface area contributed by atoms with Gasteiger partial charge in [-0.25, -0.2) is 0 Å². The van der Waals surface area contributed by atoms with Gasteiger partial charge in [-0.3, -0.25) is 14.4 Å². The second-order valence-electron chi connectivity index (χ2n) is 22.4. The van der Waals surface area contributed by atoms with Crippen molar-refractivity contribution in [3.05, 3.63) is 72.9 Å². The molecule has 0 amide bonds. The van der Waals surface area contributed by atoms with E-state index in [-0.39, 0.29) is 31.1 Å². The second-order valence-corrected chi connectivity index (χ2v) is 22.4. The molecule has 0 aromatic carbocycles. The van der Waals surface area contributed by atoms with Crippen molar-refractivity contribution in [2.75, 3.05) is 13.2 Å². The molecule has 0 bridgehead atoms. The van der Waals surface area contributed by atoms with Crippen molar-refractivity contribution in [3.63, 3.8) is 0 Å². The Kier molecular flexibility index (Phi) is 62.7. The van der Waals surface area contributed by atoms with Crippen LogP contribution in [-0.2, 0) is 28.6 Å². The van der Waals surface area contributed by atoms with Crippen molar-refractivity contribution >= 4 is 17.9 Å². The fourth-order valence-corrected chi connectivity index (χ4v) is 9.59. The molecular weight excluding hydrogens is 949 g/mol. The Labute approximate surface area is 478 Å². The van der Waals surface area contributed by atoms with Crippen LogP contribution in [0.25, 0.3) is 0 Å². The van der Waals surface area contributed by atoms with Gasteiger partial charge in [0.15, 0.2) is 6.10 Å². The van der Waals surface area contributed by atoms with E-state index in [0.29, 0.717) is 19.3 Å². The number of hydrogen-bond acceptors (Lipinski definition) is 6. The molecule has 6 nitrogen and oxygen atoms in total. The van der Waals surface area contributed by atoms with E-state index in [1.165, 1.54) is 212 Å². The molecule has 0 rings (SSSR count). The highest BCUT2D eigenvalue weighted by Gasteiger charge is 2.19. The molecule has 0 aliphatic rings.